The predicted molar refractivity (Wildman–Crippen MR) is 145 cm³/mol. The molecule has 2 amide bonds. The van der Waals surface area contributed by atoms with Crippen molar-refractivity contribution in [1.29, 1.82) is 0 Å². The number of carbonyl (C=O) groups is 4. The third-order valence-corrected chi connectivity index (χ3v) is 8.44. The van der Waals surface area contributed by atoms with Crippen LogP contribution in [0, 0.1) is 23.7 Å². The number of rotatable bonds is 4. The third kappa shape index (κ3) is 4.07. The van der Waals surface area contributed by atoms with Gasteiger partial charge in [0, 0.05) is 24.5 Å². The average molecular weight is 563 g/mol. The number of aromatic hydroxyl groups is 1. The molecule has 0 saturated carbocycles. The van der Waals surface area contributed by atoms with Crippen LogP contribution in [0.15, 0.2) is 59.1 Å². The Morgan fingerprint density at radius 3 is 2.32 bits per heavy atom. The number of fused-ring (bicyclic) bond motifs is 3. The smallest absolute Gasteiger partial charge is 0.412 e. The number of phenolic OH excluding ortho intramolecular Hbond substituents is 1. The van der Waals surface area contributed by atoms with E-state index in [1.54, 1.807) is 44.2 Å². The maximum atomic E-state index is 13.9. The van der Waals surface area contributed by atoms with E-state index in [2.05, 4.69) is 5.32 Å². The van der Waals surface area contributed by atoms with Gasteiger partial charge in [-0.3, -0.25) is 14.4 Å². The molecule has 11 nitrogen and oxygen atoms in total. The van der Waals surface area contributed by atoms with Crippen LogP contribution in [0.1, 0.15) is 36.2 Å². The lowest BCUT2D eigenvalue weighted by molar-refractivity contribution is -0.149. The van der Waals surface area contributed by atoms with Crippen LogP contribution in [0.5, 0.6) is 11.5 Å². The number of amides is 2. The first-order chi connectivity index (χ1) is 19.3. The highest BCUT2D eigenvalue weighted by atomic mass is 16.5. The highest BCUT2D eigenvalue weighted by Gasteiger charge is 2.63. The summed E-state index contributed by atoms with van der Waals surface area (Å²) in [6.07, 6.45) is -0.439. The second-order valence-corrected chi connectivity index (χ2v) is 11.0. The first-order valence-electron chi connectivity index (χ1n) is 13.2. The van der Waals surface area contributed by atoms with Gasteiger partial charge in [-0.25, -0.2) is 4.79 Å². The van der Waals surface area contributed by atoms with Gasteiger partial charge in [0.05, 0.1) is 5.56 Å². The lowest BCUT2D eigenvalue weighted by atomic mass is 9.55. The van der Waals surface area contributed by atoms with Gasteiger partial charge in [0.25, 0.3) is 5.91 Å². The molecular weight excluding hydrogens is 532 g/mol. The van der Waals surface area contributed by atoms with Gasteiger partial charge < -0.3 is 36.2 Å². The summed E-state index contributed by atoms with van der Waals surface area (Å²) < 4.78 is 5.13. The number of aliphatic hydroxyl groups excluding tert-OH is 2. The average Bonchev–Trinajstić information content (AvgIpc) is 2.91. The zero-order valence-corrected chi connectivity index (χ0v) is 22.6. The second-order valence-electron chi connectivity index (χ2n) is 11.0. The molecule has 2 aromatic rings. The van der Waals surface area contributed by atoms with Crippen LogP contribution in [-0.4, -0.2) is 56.6 Å². The molecule has 0 saturated heterocycles. The molecule has 0 fully saturated rings. The number of Topliss-reactive ketones (excluding diaryl/α,β-unsaturated/α-hetero) is 2. The van der Waals surface area contributed by atoms with Crippen LogP contribution in [0.25, 0.3) is 11.1 Å². The number of nitrogens with one attached hydrogen (secondary N) is 1. The van der Waals surface area contributed by atoms with Gasteiger partial charge in [0.2, 0.25) is 5.78 Å². The van der Waals surface area contributed by atoms with Gasteiger partial charge in [-0.1, -0.05) is 32.0 Å². The SMILES string of the molecule is CNC(=O)Oc1ccc(-c2ccc(O)c3c2C[C@H]2C[C@H]4[C@H](C(C)C)C(O)=C(C(N)=O)C(=O)[C@@]4(O)C(O)=C2C3=O)cc1. The van der Waals surface area contributed by atoms with Crippen LogP contribution < -0.4 is 15.8 Å². The molecule has 3 aliphatic rings. The number of phenols is 1. The number of ketones is 2. The Kier molecular flexibility index (Phi) is 6.65. The molecule has 0 spiro atoms. The lowest BCUT2D eigenvalue weighted by Gasteiger charge is -2.49. The monoisotopic (exact) mass is 562 g/mol. The van der Waals surface area contributed by atoms with Crippen LogP contribution in [0.3, 0.4) is 0 Å². The Morgan fingerprint density at radius 1 is 1.07 bits per heavy atom. The van der Waals surface area contributed by atoms with Gasteiger partial charge in [0.1, 0.15) is 28.6 Å². The molecule has 0 aliphatic heterocycles. The minimum atomic E-state index is -2.65. The highest BCUT2D eigenvalue weighted by Crippen LogP contribution is 2.55. The van der Waals surface area contributed by atoms with Crippen molar-refractivity contribution < 1.29 is 44.3 Å². The topological polar surface area (TPSA) is 196 Å². The molecular formula is C30H30N2O9. The molecule has 2 aromatic carbocycles. The zero-order valence-electron chi connectivity index (χ0n) is 22.6. The number of nitrogens with two attached hydrogens (primary N) is 1. The minimum Gasteiger partial charge on any atom is -0.511 e. The molecule has 0 heterocycles. The van der Waals surface area contributed by atoms with Crippen molar-refractivity contribution in [3.05, 3.63) is 70.2 Å². The van der Waals surface area contributed by atoms with Crippen molar-refractivity contribution in [3.63, 3.8) is 0 Å². The van der Waals surface area contributed by atoms with E-state index in [1.165, 1.54) is 13.1 Å². The largest absolute Gasteiger partial charge is 0.511 e. The number of hydrogen-bond acceptors (Lipinski definition) is 9. The van der Waals surface area contributed by atoms with Crippen molar-refractivity contribution in [3.8, 4) is 22.6 Å². The fourth-order valence-electron chi connectivity index (χ4n) is 6.63. The molecule has 3 aliphatic carbocycles. The van der Waals surface area contributed by atoms with Gasteiger partial charge in [-0.15, -0.1) is 0 Å². The van der Waals surface area contributed by atoms with Crippen LogP contribution in [-0.2, 0) is 16.0 Å². The van der Waals surface area contributed by atoms with Crippen molar-refractivity contribution in [1.82, 2.24) is 5.32 Å². The third-order valence-electron chi connectivity index (χ3n) is 8.44. The molecule has 0 radical (unpaired) electrons. The summed E-state index contributed by atoms with van der Waals surface area (Å²) in [5.41, 5.74) is 3.41. The maximum Gasteiger partial charge on any atom is 0.412 e. The van der Waals surface area contributed by atoms with Crippen LogP contribution in [0.2, 0.25) is 0 Å². The summed E-state index contributed by atoms with van der Waals surface area (Å²) in [6, 6.07) is 9.54. The van der Waals surface area contributed by atoms with E-state index in [1.807, 2.05) is 0 Å². The highest BCUT2D eigenvalue weighted by molar-refractivity contribution is 6.24. The molecule has 214 valence electrons. The predicted octanol–water partition coefficient (Wildman–Crippen LogP) is 2.85. The number of carbonyl (C=O) groups excluding carboxylic acids is 4. The number of benzene rings is 2. The Balaban J connectivity index is 1.64. The van der Waals surface area contributed by atoms with Crippen molar-refractivity contribution in [2.24, 2.45) is 29.4 Å². The Labute approximate surface area is 234 Å². The molecule has 4 atom stereocenters. The molecule has 5 rings (SSSR count). The molecule has 0 bridgehead atoms. The van der Waals surface area contributed by atoms with Crippen molar-refractivity contribution in [2.45, 2.75) is 32.3 Å². The Morgan fingerprint density at radius 2 is 1.73 bits per heavy atom. The molecule has 0 aromatic heterocycles. The van der Waals surface area contributed by atoms with Gasteiger partial charge in [0.15, 0.2) is 11.4 Å². The van der Waals surface area contributed by atoms with Crippen LogP contribution in [0.4, 0.5) is 4.79 Å². The number of primary amides is 1. The fourth-order valence-corrected chi connectivity index (χ4v) is 6.63. The van der Waals surface area contributed by atoms with E-state index < -0.39 is 64.0 Å². The first-order valence-corrected chi connectivity index (χ1v) is 13.2. The summed E-state index contributed by atoms with van der Waals surface area (Å²) in [6.45, 7) is 3.47. The van der Waals surface area contributed by atoms with E-state index in [-0.39, 0.29) is 35.6 Å². The molecule has 0 unspecified atom stereocenters. The van der Waals surface area contributed by atoms with Crippen molar-refractivity contribution in [2.75, 3.05) is 7.05 Å². The summed E-state index contributed by atoms with van der Waals surface area (Å²) in [5.74, 6) is -7.75. The lowest BCUT2D eigenvalue weighted by Crippen LogP contribution is -2.60. The summed E-state index contributed by atoms with van der Waals surface area (Å²) in [4.78, 5) is 50.9. The van der Waals surface area contributed by atoms with E-state index >= 15 is 0 Å². The van der Waals surface area contributed by atoms with E-state index in [0.29, 0.717) is 22.4 Å². The number of ether oxygens (including phenoxy) is 1. The fraction of sp³-hybridized carbons (Fsp3) is 0.333. The number of aliphatic hydroxyl groups is 3. The second kappa shape index (κ2) is 9.77. The normalized spacial score (nSPS) is 25.4. The number of hydrogen-bond donors (Lipinski definition) is 6. The maximum absolute atomic E-state index is 13.9. The van der Waals surface area contributed by atoms with E-state index in [9.17, 15) is 39.6 Å². The first kappa shape index (κ1) is 27.9. The molecule has 11 heteroatoms. The summed E-state index contributed by atoms with van der Waals surface area (Å²) >= 11 is 0. The standard InChI is InChI=1S/C30H30N2O9/c1-12(2)20-18-11-14-10-17-16(13-4-6-15(7-5-13)41-29(39)32-3)8-9-19(33)22(17)25(35)21(14)26(36)30(18,40)27(37)23(24(20)34)28(31)38/h4-9,12,14,18,20,33-34,36,40H,10-11H2,1-3H3,(H2,31,38)(H,32,39)/t14-,18-,20-,30-/m0/s1. The quantitative estimate of drug-likeness (QED) is 0.304. The summed E-state index contributed by atoms with van der Waals surface area (Å²) in [7, 11) is 1.43. The van der Waals surface area contributed by atoms with Gasteiger partial charge >= 0.3 is 6.09 Å². The number of allylic oxidation sites excluding steroid dienone is 2. The van der Waals surface area contributed by atoms with Gasteiger partial charge in [-0.2, -0.15) is 0 Å². The van der Waals surface area contributed by atoms with Gasteiger partial charge in [-0.05, 0) is 59.6 Å². The Bertz CT molecular complexity index is 1570. The Hall–Kier alpha value is -4.64. The molecule has 7 N–H and O–H groups in total. The molecule has 41 heavy (non-hydrogen) atoms. The van der Waals surface area contributed by atoms with E-state index in [0.717, 1.165) is 0 Å². The van der Waals surface area contributed by atoms with E-state index in [4.69, 9.17) is 10.5 Å². The van der Waals surface area contributed by atoms with Crippen LogP contribution >= 0.6 is 0 Å². The van der Waals surface area contributed by atoms with Crippen molar-refractivity contribution >= 4 is 23.6 Å². The summed E-state index contributed by atoms with van der Waals surface area (Å²) in [5, 5.41) is 47.2. The minimum absolute atomic E-state index is 0.0275. The zero-order chi connectivity index (χ0) is 30.0.